The molecule has 0 aliphatic carbocycles. The molecule has 3 nitrogen and oxygen atoms in total. The first-order valence-electron chi connectivity index (χ1n) is 5.64. The van der Waals surface area contributed by atoms with Crippen molar-refractivity contribution in [1.29, 1.82) is 0 Å². The Morgan fingerprint density at radius 1 is 1.43 bits per heavy atom. The van der Waals surface area contributed by atoms with Crippen molar-refractivity contribution in [3.05, 3.63) is 17.2 Å². The molecule has 0 radical (unpaired) electrons. The van der Waals surface area contributed by atoms with E-state index in [0.717, 1.165) is 32.5 Å². The molecular formula is C11H19N3. The molecule has 0 atom stereocenters. The Hall–Kier alpha value is -0.830. The molecule has 14 heavy (non-hydrogen) atoms. The number of hydrogen-bond acceptors (Lipinski definition) is 2. The molecule has 0 saturated heterocycles. The summed E-state index contributed by atoms with van der Waals surface area (Å²) >= 11 is 0. The van der Waals surface area contributed by atoms with E-state index in [1.54, 1.807) is 0 Å². The normalized spacial score (nSPS) is 15.6. The number of hydrogen-bond donors (Lipinski definition) is 1. The van der Waals surface area contributed by atoms with Crippen LogP contribution in [0, 0.1) is 0 Å². The minimum Gasteiger partial charge on any atom is -0.331 e. The Balaban J connectivity index is 2.36. The summed E-state index contributed by atoms with van der Waals surface area (Å²) in [6.07, 6.45) is 3.39. The Morgan fingerprint density at radius 3 is 3.00 bits per heavy atom. The van der Waals surface area contributed by atoms with E-state index in [2.05, 4.69) is 23.7 Å². The van der Waals surface area contributed by atoms with Crippen molar-refractivity contribution < 1.29 is 0 Å². The molecule has 0 saturated carbocycles. The Bertz CT molecular complexity index is 315. The minimum absolute atomic E-state index is 1.000. The fourth-order valence-electron chi connectivity index (χ4n) is 2.19. The van der Waals surface area contributed by atoms with E-state index < -0.39 is 0 Å². The molecule has 1 N–H and O–H groups in total. The predicted molar refractivity (Wildman–Crippen MR) is 57.3 cm³/mol. The molecule has 78 valence electrons. The van der Waals surface area contributed by atoms with Crippen LogP contribution in [0.2, 0.25) is 0 Å². The molecule has 3 heteroatoms. The summed E-state index contributed by atoms with van der Waals surface area (Å²) < 4.78 is 2.38. The molecule has 2 heterocycles. The maximum absolute atomic E-state index is 4.73. The standard InChI is InChI=1S/C11H19N3/c1-3-5-11-13-9-6-7-12-8-10(9)14(11)4-2/h12H,3-8H2,1-2H3. The summed E-state index contributed by atoms with van der Waals surface area (Å²) in [6.45, 7) is 7.56. The van der Waals surface area contributed by atoms with Crippen molar-refractivity contribution >= 4 is 0 Å². The van der Waals surface area contributed by atoms with Crippen LogP contribution in [0.5, 0.6) is 0 Å². The van der Waals surface area contributed by atoms with E-state index in [1.165, 1.54) is 23.6 Å². The smallest absolute Gasteiger partial charge is 0.109 e. The van der Waals surface area contributed by atoms with Gasteiger partial charge in [0.2, 0.25) is 0 Å². The largest absolute Gasteiger partial charge is 0.331 e. The van der Waals surface area contributed by atoms with Gasteiger partial charge in [-0.1, -0.05) is 6.92 Å². The SMILES string of the molecule is CCCc1nc2c(n1CC)CNCC2. The van der Waals surface area contributed by atoms with Crippen LogP contribution in [0.1, 0.15) is 37.5 Å². The zero-order valence-corrected chi connectivity index (χ0v) is 9.14. The lowest BCUT2D eigenvalue weighted by atomic mass is 10.2. The van der Waals surface area contributed by atoms with Crippen LogP contribution < -0.4 is 5.32 Å². The van der Waals surface area contributed by atoms with Crippen LogP contribution in [0.15, 0.2) is 0 Å². The predicted octanol–water partition coefficient (Wildman–Crippen LogP) is 1.50. The number of rotatable bonds is 3. The zero-order chi connectivity index (χ0) is 9.97. The second-order valence-corrected chi connectivity index (χ2v) is 3.84. The molecule has 0 fully saturated rings. The van der Waals surface area contributed by atoms with E-state index in [-0.39, 0.29) is 0 Å². The maximum atomic E-state index is 4.73. The third-order valence-electron chi connectivity index (χ3n) is 2.86. The van der Waals surface area contributed by atoms with Gasteiger partial charge >= 0.3 is 0 Å². The highest BCUT2D eigenvalue weighted by atomic mass is 15.1. The van der Waals surface area contributed by atoms with Crippen LogP contribution in [0.25, 0.3) is 0 Å². The summed E-state index contributed by atoms with van der Waals surface area (Å²) in [5.74, 6) is 1.28. The summed E-state index contributed by atoms with van der Waals surface area (Å²) in [5.41, 5.74) is 2.75. The van der Waals surface area contributed by atoms with Crippen molar-refractivity contribution in [1.82, 2.24) is 14.9 Å². The molecule has 0 aromatic carbocycles. The second kappa shape index (κ2) is 4.13. The number of nitrogens with zero attached hydrogens (tertiary/aromatic N) is 2. The molecule has 1 aromatic heterocycles. The summed E-state index contributed by atoms with van der Waals surface area (Å²) in [6, 6.07) is 0. The van der Waals surface area contributed by atoms with Crippen molar-refractivity contribution in [2.24, 2.45) is 0 Å². The second-order valence-electron chi connectivity index (χ2n) is 3.84. The van der Waals surface area contributed by atoms with E-state index >= 15 is 0 Å². The third-order valence-corrected chi connectivity index (χ3v) is 2.86. The van der Waals surface area contributed by atoms with Crippen molar-refractivity contribution in [3.8, 4) is 0 Å². The van der Waals surface area contributed by atoms with Crippen molar-refractivity contribution in [3.63, 3.8) is 0 Å². The third kappa shape index (κ3) is 1.57. The van der Waals surface area contributed by atoms with Gasteiger partial charge in [0.1, 0.15) is 5.82 Å². The number of imidazole rings is 1. The lowest BCUT2D eigenvalue weighted by Crippen LogP contribution is -2.25. The fraction of sp³-hybridized carbons (Fsp3) is 0.727. The molecule has 0 unspecified atom stereocenters. The molecule has 1 aliphatic heterocycles. The van der Waals surface area contributed by atoms with Crippen LogP contribution in [-0.2, 0) is 25.9 Å². The first-order chi connectivity index (χ1) is 6.86. The van der Waals surface area contributed by atoms with Gasteiger partial charge in [-0.25, -0.2) is 4.98 Å². The van der Waals surface area contributed by atoms with Gasteiger partial charge in [0.15, 0.2) is 0 Å². The molecule has 1 aromatic rings. The van der Waals surface area contributed by atoms with Crippen LogP contribution in [0.3, 0.4) is 0 Å². The highest BCUT2D eigenvalue weighted by Crippen LogP contribution is 2.16. The lowest BCUT2D eigenvalue weighted by molar-refractivity contribution is 0.579. The number of aromatic nitrogens is 2. The Morgan fingerprint density at radius 2 is 2.29 bits per heavy atom. The number of nitrogens with one attached hydrogen (secondary N) is 1. The number of aryl methyl sites for hydroxylation is 1. The van der Waals surface area contributed by atoms with Gasteiger partial charge in [-0.15, -0.1) is 0 Å². The fourth-order valence-corrected chi connectivity index (χ4v) is 2.19. The molecule has 0 amide bonds. The van der Waals surface area contributed by atoms with E-state index in [9.17, 15) is 0 Å². The summed E-state index contributed by atoms with van der Waals surface area (Å²) in [7, 11) is 0. The molecule has 1 aliphatic rings. The minimum atomic E-state index is 1.000. The molecular weight excluding hydrogens is 174 g/mol. The van der Waals surface area contributed by atoms with Crippen LogP contribution in [-0.4, -0.2) is 16.1 Å². The van der Waals surface area contributed by atoms with Gasteiger partial charge < -0.3 is 9.88 Å². The molecule has 0 bridgehead atoms. The van der Waals surface area contributed by atoms with Crippen LogP contribution >= 0.6 is 0 Å². The average molecular weight is 193 g/mol. The van der Waals surface area contributed by atoms with E-state index in [4.69, 9.17) is 4.98 Å². The topological polar surface area (TPSA) is 29.9 Å². The first-order valence-corrected chi connectivity index (χ1v) is 5.64. The van der Waals surface area contributed by atoms with Crippen molar-refractivity contribution in [2.75, 3.05) is 6.54 Å². The zero-order valence-electron chi connectivity index (χ0n) is 9.14. The van der Waals surface area contributed by atoms with E-state index in [1.807, 2.05) is 0 Å². The average Bonchev–Trinajstić information content (AvgIpc) is 2.55. The van der Waals surface area contributed by atoms with Gasteiger partial charge in [-0.3, -0.25) is 0 Å². The van der Waals surface area contributed by atoms with E-state index in [0.29, 0.717) is 0 Å². The van der Waals surface area contributed by atoms with Gasteiger partial charge in [-0.05, 0) is 13.3 Å². The Labute approximate surface area is 85.5 Å². The Kier molecular flexibility index (Phi) is 2.87. The first kappa shape index (κ1) is 9.71. The number of fused-ring (bicyclic) bond motifs is 1. The highest BCUT2D eigenvalue weighted by molar-refractivity contribution is 5.20. The van der Waals surface area contributed by atoms with Gasteiger partial charge in [-0.2, -0.15) is 0 Å². The summed E-state index contributed by atoms with van der Waals surface area (Å²) in [5, 5.41) is 3.41. The monoisotopic (exact) mass is 193 g/mol. The van der Waals surface area contributed by atoms with Gasteiger partial charge in [0, 0.05) is 32.5 Å². The molecule has 0 spiro atoms. The van der Waals surface area contributed by atoms with Crippen molar-refractivity contribution in [2.45, 2.75) is 46.2 Å². The molecule has 2 rings (SSSR count). The lowest BCUT2D eigenvalue weighted by Gasteiger charge is -2.14. The van der Waals surface area contributed by atoms with Gasteiger partial charge in [0.05, 0.1) is 11.4 Å². The maximum Gasteiger partial charge on any atom is 0.109 e. The quantitative estimate of drug-likeness (QED) is 0.788. The highest BCUT2D eigenvalue weighted by Gasteiger charge is 2.17. The van der Waals surface area contributed by atoms with Crippen LogP contribution in [0.4, 0.5) is 0 Å². The summed E-state index contributed by atoms with van der Waals surface area (Å²) in [4.78, 5) is 4.73. The van der Waals surface area contributed by atoms with Gasteiger partial charge in [0.25, 0.3) is 0 Å².